The first-order chi connectivity index (χ1) is 9.34. The summed E-state index contributed by atoms with van der Waals surface area (Å²) in [5, 5.41) is 3.42. The first kappa shape index (κ1) is 12.4. The summed E-state index contributed by atoms with van der Waals surface area (Å²) in [5.74, 6) is 0.688. The van der Waals surface area contributed by atoms with Gasteiger partial charge in [0, 0.05) is 6.54 Å². The Morgan fingerprint density at radius 3 is 3.11 bits per heavy atom. The van der Waals surface area contributed by atoms with Gasteiger partial charge >= 0.3 is 0 Å². The molecule has 4 nitrogen and oxygen atoms in total. The van der Waals surface area contributed by atoms with Crippen molar-refractivity contribution in [2.45, 2.75) is 25.8 Å². The highest BCUT2D eigenvalue weighted by Crippen LogP contribution is 2.16. The van der Waals surface area contributed by atoms with Crippen LogP contribution in [0.25, 0.3) is 11.0 Å². The number of nitrogens with one attached hydrogen (secondary N) is 1. The third kappa shape index (κ3) is 2.68. The molecule has 0 bridgehead atoms. The van der Waals surface area contributed by atoms with Crippen molar-refractivity contribution in [3.05, 3.63) is 40.8 Å². The summed E-state index contributed by atoms with van der Waals surface area (Å²) in [6.45, 7) is 3.00. The van der Waals surface area contributed by atoms with E-state index < -0.39 is 0 Å². The molecule has 1 unspecified atom stereocenters. The summed E-state index contributed by atoms with van der Waals surface area (Å²) in [6, 6.07) is 7.84. The fraction of sp³-hybridized carbons (Fsp3) is 0.467. The van der Waals surface area contributed by atoms with Crippen molar-refractivity contribution >= 4 is 11.0 Å². The van der Waals surface area contributed by atoms with Crippen molar-refractivity contribution in [3.63, 3.8) is 0 Å². The number of benzene rings is 1. The van der Waals surface area contributed by atoms with Crippen molar-refractivity contribution < 1.29 is 0 Å². The zero-order valence-electron chi connectivity index (χ0n) is 11.0. The van der Waals surface area contributed by atoms with Crippen LogP contribution in [0.2, 0.25) is 0 Å². The fourth-order valence-electron chi connectivity index (χ4n) is 2.83. The quantitative estimate of drug-likeness (QED) is 0.912. The van der Waals surface area contributed by atoms with Gasteiger partial charge in [-0.3, -0.25) is 4.79 Å². The number of aromatic nitrogens is 2. The molecule has 100 valence electrons. The van der Waals surface area contributed by atoms with E-state index in [9.17, 15) is 4.79 Å². The highest BCUT2D eigenvalue weighted by atomic mass is 16.1. The second kappa shape index (κ2) is 5.53. The van der Waals surface area contributed by atoms with E-state index in [0.29, 0.717) is 5.92 Å². The smallest absolute Gasteiger partial charge is 0.269 e. The third-order valence-corrected chi connectivity index (χ3v) is 3.91. The summed E-state index contributed by atoms with van der Waals surface area (Å²) < 4.78 is 1.86. The van der Waals surface area contributed by atoms with Crippen molar-refractivity contribution in [1.29, 1.82) is 0 Å². The van der Waals surface area contributed by atoms with Crippen LogP contribution in [-0.4, -0.2) is 22.6 Å². The first-order valence-corrected chi connectivity index (χ1v) is 7.00. The Bertz CT molecular complexity index is 614. The van der Waals surface area contributed by atoms with Gasteiger partial charge in [0.05, 0.1) is 17.2 Å². The van der Waals surface area contributed by atoms with Gasteiger partial charge in [0.15, 0.2) is 0 Å². The predicted octanol–water partition coefficient (Wildman–Crippen LogP) is 1.79. The van der Waals surface area contributed by atoms with Crippen LogP contribution in [0.1, 0.15) is 19.3 Å². The highest BCUT2D eigenvalue weighted by Gasteiger charge is 2.13. The number of piperidine rings is 1. The molecule has 1 aromatic carbocycles. The second-order valence-electron chi connectivity index (χ2n) is 5.24. The van der Waals surface area contributed by atoms with Gasteiger partial charge in [-0.25, -0.2) is 4.98 Å². The lowest BCUT2D eigenvalue weighted by Gasteiger charge is -2.23. The maximum Gasteiger partial charge on any atom is 0.269 e. The zero-order chi connectivity index (χ0) is 13.1. The van der Waals surface area contributed by atoms with E-state index in [2.05, 4.69) is 10.3 Å². The Hall–Kier alpha value is -1.68. The average molecular weight is 257 g/mol. The van der Waals surface area contributed by atoms with Crippen molar-refractivity contribution in [3.8, 4) is 0 Å². The molecule has 19 heavy (non-hydrogen) atoms. The molecule has 2 aromatic rings. The molecule has 1 fully saturated rings. The summed E-state index contributed by atoms with van der Waals surface area (Å²) in [5.41, 5.74) is 1.84. The van der Waals surface area contributed by atoms with Gasteiger partial charge < -0.3 is 9.88 Å². The van der Waals surface area contributed by atoms with E-state index >= 15 is 0 Å². The molecule has 3 rings (SSSR count). The van der Waals surface area contributed by atoms with Crippen molar-refractivity contribution in [2.24, 2.45) is 5.92 Å². The molecule has 0 aliphatic carbocycles. The van der Waals surface area contributed by atoms with E-state index in [1.807, 2.05) is 28.8 Å². The molecule has 1 aromatic heterocycles. The molecule has 0 amide bonds. The van der Waals surface area contributed by atoms with Gasteiger partial charge in [0.2, 0.25) is 0 Å². The first-order valence-electron chi connectivity index (χ1n) is 7.00. The number of aryl methyl sites for hydroxylation is 1. The minimum absolute atomic E-state index is 0.00229. The van der Waals surface area contributed by atoms with E-state index in [-0.39, 0.29) is 5.56 Å². The molecule has 4 heteroatoms. The molecule has 1 atom stereocenters. The highest BCUT2D eigenvalue weighted by molar-refractivity contribution is 5.74. The Morgan fingerprint density at radius 2 is 2.26 bits per heavy atom. The lowest BCUT2D eigenvalue weighted by atomic mass is 9.96. The Balaban J connectivity index is 1.83. The van der Waals surface area contributed by atoms with Crippen LogP contribution in [0.4, 0.5) is 0 Å². The minimum Gasteiger partial charge on any atom is -0.316 e. The van der Waals surface area contributed by atoms with Gasteiger partial charge in [0.1, 0.15) is 0 Å². The Kier molecular flexibility index (Phi) is 3.60. The molecule has 0 radical (unpaired) electrons. The minimum atomic E-state index is 0.00229. The van der Waals surface area contributed by atoms with Crippen LogP contribution < -0.4 is 10.9 Å². The zero-order valence-corrected chi connectivity index (χ0v) is 11.0. The van der Waals surface area contributed by atoms with Crippen LogP contribution in [0.15, 0.2) is 35.3 Å². The Morgan fingerprint density at radius 1 is 1.37 bits per heavy atom. The van der Waals surface area contributed by atoms with Gasteiger partial charge in [-0.1, -0.05) is 12.1 Å². The van der Waals surface area contributed by atoms with E-state index in [0.717, 1.165) is 37.1 Å². The summed E-state index contributed by atoms with van der Waals surface area (Å²) in [6.07, 6.45) is 5.00. The largest absolute Gasteiger partial charge is 0.316 e. The van der Waals surface area contributed by atoms with E-state index in [1.165, 1.54) is 19.0 Å². The summed E-state index contributed by atoms with van der Waals surface area (Å²) >= 11 is 0. The van der Waals surface area contributed by atoms with Gasteiger partial charge in [-0.15, -0.1) is 0 Å². The topological polar surface area (TPSA) is 46.9 Å². The number of hydrogen-bond acceptors (Lipinski definition) is 3. The standard InChI is InChI=1S/C15H19N3O/c19-15-11-17-13-5-1-2-6-14(13)18(15)9-7-12-4-3-8-16-10-12/h1-2,5-6,11-12,16H,3-4,7-10H2. The molecular weight excluding hydrogens is 238 g/mol. The summed E-state index contributed by atoms with van der Waals surface area (Å²) in [4.78, 5) is 16.2. The van der Waals surface area contributed by atoms with Gasteiger partial charge in [-0.05, 0) is 50.4 Å². The molecular formula is C15H19N3O. The van der Waals surface area contributed by atoms with Crippen molar-refractivity contribution in [2.75, 3.05) is 13.1 Å². The predicted molar refractivity (Wildman–Crippen MR) is 76.2 cm³/mol. The van der Waals surface area contributed by atoms with E-state index in [4.69, 9.17) is 0 Å². The third-order valence-electron chi connectivity index (χ3n) is 3.91. The molecule has 2 heterocycles. The lowest BCUT2D eigenvalue weighted by Crippen LogP contribution is -2.31. The van der Waals surface area contributed by atoms with E-state index in [1.54, 1.807) is 0 Å². The number of fused-ring (bicyclic) bond motifs is 1. The van der Waals surface area contributed by atoms with Crippen LogP contribution in [0.3, 0.4) is 0 Å². The van der Waals surface area contributed by atoms with Gasteiger partial charge in [-0.2, -0.15) is 0 Å². The number of para-hydroxylation sites is 2. The number of hydrogen-bond donors (Lipinski definition) is 1. The molecule has 1 aliphatic heterocycles. The van der Waals surface area contributed by atoms with Crippen LogP contribution in [0.5, 0.6) is 0 Å². The normalized spacial score (nSPS) is 19.7. The van der Waals surface area contributed by atoms with Crippen LogP contribution in [0, 0.1) is 5.92 Å². The molecule has 1 saturated heterocycles. The lowest BCUT2D eigenvalue weighted by molar-refractivity contribution is 0.342. The summed E-state index contributed by atoms with van der Waals surface area (Å²) in [7, 11) is 0. The molecule has 1 N–H and O–H groups in total. The number of rotatable bonds is 3. The molecule has 0 saturated carbocycles. The van der Waals surface area contributed by atoms with Crippen LogP contribution in [-0.2, 0) is 6.54 Å². The monoisotopic (exact) mass is 257 g/mol. The fourth-order valence-corrected chi connectivity index (χ4v) is 2.83. The Labute approximate surface area is 112 Å². The SMILES string of the molecule is O=c1cnc2ccccc2n1CCC1CCCNC1. The maximum atomic E-state index is 12.0. The van der Waals surface area contributed by atoms with Crippen LogP contribution >= 0.6 is 0 Å². The molecule has 1 aliphatic rings. The number of nitrogens with zero attached hydrogens (tertiary/aromatic N) is 2. The van der Waals surface area contributed by atoms with Crippen molar-refractivity contribution in [1.82, 2.24) is 14.9 Å². The molecule has 0 spiro atoms. The average Bonchev–Trinajstić information content (AvgIpc) is 2.47. The van der Waals surface area contributed by atoms with Gasteiger partial charge in [0.25, 0.3) is 5.56 Å². The second-order valence-corrected chi connectivity index (χ2v) is 5.24. The maximum absolute atomic E-state index is 12.0.